The van der Waals surface area contributed by atoms with Crippen molar-refractivity contribution in [3.8, 4) is 0 Å². The van der Waals surface area contributed by atoms with E-state index in [9.17, 15) is 14.9 Å². The van der Waals surface area contributed by atoms with Crippen LogP contribution in [-0.4, -0.2) is 55.5 Å². The number of carbonyl (C=O) groups excluding carboxylic acids is 1. The van der Waals surface area contributed by atoms with Gasteiger partial charge in [0.15, 0.2) is 0 Å². The minimum Gasteiger partial charge on any atom is -0.352 e. The minimum atomic E-state index is -0.422. The maximum atomic E-state index is 12.3. The quantitative estimate of drug-likeness (QED) is 0.657. The number of hydrogen-bond acceptors (Lipinski definition) is 5. The zero-order valence-corrected chi connectivity index (χ0v) is 12.5. The number of benzene rings is 1. The topological polar surface area (TPSA) is 78.7 Å². The SMILES string of the molecule is Cc1ccc([N+](=O)[O-])c(N2CCNCC2C(=O)N(C)C)c1. The number of piperazine rings is 1. The van der Waals surface area contributed by atoms with Gasteiger partial charge in [-0.2, -0.15) is 0 Å². The molecule has 0 aromatic heterocycles. The third-order valence-electron chi connectivity index (χ3n) is 3.61. The van der Waals surface area contributed by atoms with Crippen LogP contribution < -0.4 is 10.2 Å². The molecule has 1 aromatic carbocycles. The fourth-order valence-corrected chi connectivity index (χ4v) is 2.53. The number of carbonyl (C=O) groups is 1. The van der Waals surface area contributed by atoms with E-state index in [-0.39, 0.29) is 11.6 Å². The average molecular weight is 292 g/mol. The molecule has 1 aliphatic heterocycles. The minimum absolute atomic E-state index is 0.0408. The van der Waals surface area contributed by atoms with Gasteiger partial charge in [-0.3, -0.25) is 14.9 Å². The van der Waals surface area contributed by atoms with Crippen molar-refractivity contribution in [2.75, 3.05) is 38.6 Å². The van der Waals surface area contributed by atoms with Crippen LogP contribution in [0.25, 0.3) is 0 Å². The number of rotatable bonds is 3. The van der Waals surface area contributed by atoms with E-state index in [1.807, 2.05) is 11.8 Å². The number of nitrogens with zero attached hydrogens (tertiary/aromatic N) is 3. The number of hydrogen-bond donors (Lipinski definition) is 1. The second-order valence-corrected chi connectivity index (χ2v) is 5.40. The molecule has 1 N–H and O–H groups in total. The molecule has 0 spiro atoms. The highest BCUT2D eigenvalue weighted by Gasteiger charge is 2.33. The number of nitro groups is 1. The van der Waals surface area contributed by atoms with Gasteiger partial charge in [0, 0.05) is 39.8 Å². The molecule has 0 bridgehead atoms. The fraction of sp³-hybridized carbons (Fsp3) is 0.500. The summed E-state index contributed by atoms with van der Waals surface area (Å²) in [6, 6.07) is 4.57. The van der Waals surface area contributed by atoms with Gasteiger partial charge in [-0.25, -0.2) is 0 Å². The summed E-state index contributed by atoms with van der Waals surface area (Å²) < 4.78 is 0. The van der Waals surface area contributed by atoms with Gasteiger partial charge in [0.05, 0.1) is 4.92 Å². The van der Waals surface area contributed by atoms with E-state index in [2.05, 4.69) is 5.32 Å². The van der Waals surface area contributed by atoms with Crippen molar-refractivity contribution in [1.82, 2.24) is 10.2 Å². The van der Waals surface area contributed by atoms with Crippen LogP contribution in [0.5, 0.6) is 0 Å². The van der Waals surface area contributed by atoms with Crippen LogP contribution in [0.2, 0.25) is 0 Å². The predicted molar refractivity (Wildman–Crippen MR) is 80.5 cm³/mol. The fourth-order valence-electron chi connectivity index (χ4n) is 2.53. The smallest absolute Gasteiger partial charge is 0.292 e. The molecule has 1 unspecified atom stereocenters. The number of amides is 1. The molecule has 1 aliphatic rings. The Hall–Kier alpha value is -2.15. The van der Waals surface area contributed by atoms with Crippen LogP contribution in [0.3, 0.4) is 0 Å². The summed E-state index contributed by atoms with van der Waals surface area (Å²) in [4.78, 5) is 26.5. The first-order chi connectivity index (χ1) is 9.91. The summed E-state index contributed by atoms with van der Waals surface area (Å²) in [5.74, 6) is -0.0574. The van der Waals surface area contributed by atoms with Gasteiger partial charge in [-0.1, -0.05) is 6.07 Å². The largest absolute Gasteiger partial charge is 0.352 e. The highest BCUT2D eigenvalue weighted by atomic mass is 16.6. The molecular formula is C14H20N4O3. The Kier molecular flexibility index (Phi) is 4.42. The summed E-state index contributed by atoms with van der Waals surface area (Å²) in [5.41, 5.74) is 1.49. The van der Waals surface area contributed by atoms with Crippen molar-refractivity contribution in [2.45, 2.75) is 13.0 Å². The Morgan fingerprint density at radius 2 is 2.19 bits per heavy atom. The molecule has 7 nitrogen and oxygen atoms in total. The lowest BCUT2D eigenvalue weighted by Gasteiger charge is -2.37. The highest BCUT2D eigenvalue weighted by molar-refractivity contribution is 5.86. The van der Waals surface area contributed by atoms with Crippen LogP contribution in [0, 0.1) is 17.0 Å². The van der Waals surface area contributed by atoms with Crippen molar-refractivity contribution < 1.29 is 9.72 Å². The van der Waals surface area contributed by atoms with E-state index < -0.39 is 11.0 Å². The van der Waals surface area contributed by atoms with E-state index in [1.54, 1.807) is 26.2 Å². The lowest BCUT2D eigenvalue weighted by molar-refractivity contribution is -0.384. The number of aryl methyl sites for hydroxylation is 1. The maximum Gasteiger partial charge on any atom is 0.292 e. The van der Waals surface area contributed by atoms with Gasteiger partial charge in [0.1, 0.15) is 11.7 Å². The second kappa shape index (κ2) is 6.09. The monoisotopic (exact) mass is 292 g/mol. The number of anilines is 1. The molecule has 7 heteroatoms. The van der Waals surface area contributed by atoms with Crippen molar-refractivity contribution >= 4 is 17.3 Å². The summed E-state index contributed by atoms with van der Waals surface area (Å²) >= 11 is 0. The predicted octanol–water partition coefficient (Wildman–Crippen LogP) is 0.770. The first kappa shape index (κ1) is 15.2. The molecule has 114 valence electrons. The number of nitrogens with one attached hydrogen (secondary N) is 1. The molecule has 21 heavy (non-hydrogen) atoms. The molecule has 1 atom stereocenters. The lowest BCUT2D eigenvalue weighted by Crippen LogP contribution is -2.58. The Labute approximate surface area is 123 Å². The Balaban J connectivity index is 2.44. The molecule has 1 amide bonds. The molecule has 0 radical (unpaired) electrons. The molecule has 1 aromatic rings. The third kappa shape index (κ3) is 3.13. The first-order valence-electron chi connectivity index (χ1n) is 6.85. The third-order valence-corrected chi connectivity index (χ3v) is 3.61. The average Bonchev–Trinajstić information content (AvgIpc) is 2.46. The standard InChI is InChI=1S/C14H20N4O3/c1-10-4-5-11(18(20)21)12(8-10)17-7-6-15-9-13(17)14(19)16(2)3/h4-5,8,13,15H,6-7,9H2,1-3H3. The Morgan fingerprint density at radius 3 is 2.81 bits per heavy atom. The van der Waals surface area contributed by atoms with Crippen molar-refractivity contribution in [3.05, 3.63) is 33.9 Å². The van der Waals surface area contributed by atoms with Crippen LogP contribution in [0.15, 0.2) is 18.2 Å². The van der Waals surface area contributed by atoms with Gasteiger partial charge in [-0.05, 0) is 18.6 Å². The van der Waals surface area contributed by atoms with E-state index in [1.165, 1.54) is 11.0 Å². The molecule has 1 heterocycles. The Bertz CT molecular complexity index is 559. The van der Waals surface area contributed by atoms with Crippen molar-refractivity contribution in [2.24, 2.45) is 0 Å². The molecule has 1 saturated heterocycles. The number of nitro benzene ring substituents is 1. The van der Waals surface area contributed by atoms with Gasteiger partial charge in [-0.15, -0.1) is 0 Å². The van der Waals surface area contributed by atoms with E-state index in [0.29, 0.717) is 25.3 Å². The molecule has 2 rings (SSSR count). The van der Waals surface area contributed by atoms with Crippen molar-refractivity contribution in [3.63, 3.8) is 0 Å². The molecule has 0 saturated carbocycles. The molecule has 0 aliphatic carbocycles. The van der Waals surface area contributed by atoms with Crippen LogP contribution >= 0.6 is 0 Å². The first-order valence-corrected chi connectivity index (χ1v) is 6.85. The van der Waals surface area contributed by atoms with Gasteiger partial charge in [0.2, 0.25) is 5.91 Å². The zero-order valence-electron chi connectivity index (χ0n) is 12.5. The summed E-state index contributed by atoms with van der Waals surface area (Å²) in [6.07, 6.45) is 0. The van der Waals surface area contributed by atoms with Crippen LogP contribution in [-0.2, 0) is 4.79 Å². The second-order valence-electron chi connectivity index (χ2n) is 5.40. The Morgan fingerprint density at radius 1 is 1.48 bits per heavy atom. The van der Waals surface area contributed by atoms with E-state index in [4.69, 9.17) is 0 Å². The normalized spacial score (nSPS) is 18.4. The molecule has 1 fully saturated rings. The summed E-state index contributed by atoms with van der Waals surface area (Å²) in [6.45, 7) is 3.64. The van der Waals surface area contributed by atoms with Crippen molar-refractivity contribution in [1.29, 1.82) is 0 Å². The summed E-state index contributed by atoms with van der Waals surface area (Å²) in [7, 11) is 3.39. The van der Waals surface area contributed by atoms with Gasteiger partial charge in [0.25, 0.3) is 5.69 Å². The molecular weight excluding hydrogens is 272 g/mol. The van der Waals surface area contributed by atoms with E-state index >= 15 is 0 Å². The van der Waals surface area contributed by atoms with Gasteiger partial charge < -0.3 is 15.1 Å². The highest BCUT2D eigenvalue weighted by Crippen LogP contribution is 2.31. The zero-order chi connectivity index (χ0) is 15.6. The number of likely N-dealkylation sites (N-methyl/N-ethyl adjacent to an activating group) is 1. The lowest BCUT2D eigenvalue weighted by atomic mass is 10.1. The van der Waals surface area contributed by atoms with E-state index in [0.717, 1.165) is 5.56 Å². The van der Waals surface area contributed by atoms with Gasteiger partial charge >= 0.3 is 0 Å². The maximum absolute atomic E-state index is 12.3. The van der Waals surface area contributed by atoms with Crippen LogP contribution in [0.1, 0.15) is 5.56 Å². The summed E-state index contributed by atoms with van der Waals surface area (Å²) in [5, 5.41) is 14.4. The van der Waals surface area contributed by atoms with Crippen LogP contribution in [0.4, 0.5) is 11.4 Å².